The van der Waals surface area contributed by atoms with E-state index in [1.165, 1.54) is 4.57 Å². The largest absolute Gasteiger partial charge is 0.340 e. The highest BCUT2D eigenvalue weighted by Crippen LogP contribution is 2.20. The van der Waals surface area contributed by atoms with Crippen LogP contribution in [0.4, 0.5) is 5.95 Å². The molecule has 9 heteroatoms. The molecule has 3 heterocycles. The van der Waals surface area contributed by atoms with Gasteiger partial charge in [-0.3, -0.25) is 13.9 Å². The molecular formula is C18H20ClN7O. The van der Waals surface area contributed by atoms with Crippen LogP contribution in [-0.4, -0.2) is 45.3 Å². The molecule has 1 saturated heterocycles. The van der Waals surface area contributed by atoms with E-state index in [0.717, 1.165) is 26.2 Å². The van der Waals surface area contributed by atoms with Crippen molar-refractivity contribution < 1.29 is 0 Å². The monoisotopic (exact) mass is 385 g/mol. The van der Waals surface area contributed by atoms with Crippen LogP contribution in [0.3, 0.4) is 0 Å². The van der Waals surface area contributed by atoms with Crippen LogP contribution in [0.5, 0.6) is 0 Å². The van der Waals surface area contributed by atoms with Crippen LogP contribution in [0, 0.1) is 35.0 Å². The number of halogens is 1. The van der Waals surface area contributed by atoms with E-state index in [4.69, 9.17) is 0 Å². The summed E-state index contributed by atoms with van der Waals surface area (Å²) >= 11 is 0. The van der Waals surface area contributed by atoms with E-state index >= 15 is 0 Å². The van der Waals surface area contributed by atoms with E-state index in [1.807, 2.05) is 6.07 Å². The van der Waals surface area contributed by atoms with Crippen molar-refractivity contribution in [2.75, 3.05) is 31.1 Å². The molecule has 1 fully saturated rings. The number of piperazine rings is 1. The minimum atomic E-state index is -0.318. The third-order valence-electron chi connectivity index (χ3n) is 4.17. The van der Waals surface area contributed by atoms with Gasteiger partial charge in [-0.1, -0.05) is 11.8 Å². The second-order valence-electron chi connectivity index (χ2n) is 5.70. The molecule has 0 amide bonds. The lowest BCUT2D eigenvalue weighted by Gasteiger charge is -2.28. The molecule has 0 aromatic carbocycles. The Morgan fingerprint density at radius 2 is 1.70 bits per heavy atom. The van der Waals surface area contributed by atoms with Gasteiger partial charge in [0.05, 0.1) is 13.1 Å². The zero-order chi connectivity index (χ0) is 18.5. The average molecular weight is 386 g/mol. The Morgan fingerprint density at radius 3 is 2.30 bits per heavy atom. The number of nitrogens with one attached hydrogen (secondary N) is 1. The number of nitriles is 1. The van der Waals surface area contributed by atoms with Gasteiger partial charge in [0, 0.05) is 26.2 Å². The molecule has 1 aliphatic heterocycles. The van der Waals surface area contributed by atoms with Crippen LogP contribution < -0.4 is 15.8 Å². The van der Waals surface area contributed by atoms with Gasteiger partial charge in [-0.25, -0.2) is 0 Å². The number of hydrogen-bond donors (Lipinski definition) is 1. The number of nitrogens with zero attached hydrogens (tertiary/aromatic N) is 6. The van der Waals surface area contributed by atoms with Crippen LogP contribution in [-0.2, 0) is 13.1 Å². The van der Waals surface area contributed by atoms with E-state index in [1.54, 1.807) is 18.4 Å². The number of anilines is 1. The lowest BCUT2D eigenvalue weighted by Crippen LogP contribution is -2.44. The van der Waals surface area contributed by atoms with Crippen molar-refractivity contribution in [1.29, 1.82) is 5.26 Å². The average Bonchev–Trinajstić information content (AvgIpc) is 3.04. The van der Waals surface area contributed by atoms with E-state index in [2.05, 4.69) is 43.9 Å². The van der Waals surface area contributed by atoms with Crippen LogP contribution in [0.25, 0.3) is 11.2 Å². The highest BCUT2D eigenvalue weighted by Gasteiger charge is 2.23. The summed E-state index contributed by atoms with van der Waals surface area (Å²) in [4.78, 5) is 24.0. The third-order valence-corrected chi connectivity index (χ3v) is 4.17. The van der Waals surface area contributed by atoms with Gasteiger partial charge in [-0.2, -0.15) is 15.2 Å². The standard InChI is InChI=1S/C18H19N7O.ClH/c1-3-5-9-24-14(13-19)21-16-15(17(24)26)25(10-6-4-2)18(22-16)23-11-7-20-8-12-23;/h20H,7-12H2,1-2H3;1H. The van der Waals surface area contributed by atoms with Crippen molar-refractivity contribution in [2.45, 2.75) is 26.9 Å². The number of aromatic nitrogens is 4. The Morgan fingerprint density at radius 1 is 1.07 bits per heavy atom. The lowest BCUT2D eigenvalue weighted by atomic mass is 10.4. The molecule has 0 bridgehead atoms. The SMILES string of the molecule is CC#CCn1c(C#N)nc2nc(N3CCNCC3)n(CC#CC)c2c1=O.Cl. The van der Waals surface area contributed by atoms with E-state index in [-0.39, 0.29) is 36.0 Å². The molecule has 140 valence electrons. The first kappa shape index (κ1) is 20.3. The molecule has 0 aliphatic carbocycles. The zero-order valence-corrected chi connectivity index (χ0v) is 16.1. The maximum atomic E-state index is 13.1. The predicted octanol–water partition coefficient (Wildman–Crippen LogP) is 0.343. The summed E-state index contributed by atoms with van der Waals surface area (Å²) in [7, 11) is 0. The summed E-state index contributed by atoms with van der Waals surface area (Å²) in [5, 5.41) is 12.7. The maximum absolute atomic E-state index is 13.1. The molecule has 2 aromatic heterocycles. The Bertz CT molecular complexity index is 1050. The summed E-state index contributed by atoms with van der Waals surface area (Å²) in [6.45, 7) is 7.15. The molecule has 1 aliphatic rings. The van der Waals surface area contributed by atoms with Gasteiger partial charge < -0.3 is 10.2 Å². The third kappa shape index (κ3) is 3.90. The highest BCUT2D eigenvalue weighted by molar-refractivity contribution is 5.85. The molecule has 0 unspecified atom stereocenters. The quantitative estimate of drug-likeness (QED) is 0.766. The Kier molecular flexibility index (Phi) is 6.85. The Balaban J connectivity index is 0.00000261. The number of fused-ring (bicyclic) bond motifs is 1. The minimum absolute atomic E-state index is 0. The molecule has 1 N–H and O–H groups in total. The molecule has 0 saturated carbocycles. The fraction of sp³-hybridized carbons (Fsp3) is 0.444. The first-order valence-corrected chi connectivity index (χ1v) is 8.37. The van der Waals surface area contributed by atoms with Crippen LogP contribution in [0.1, 0.15) is 19.7 Å². The smallest absolute Gasteiger partial charge is 0.281 e. The molecule has 0 spiro atoms. The number of rotatable bonds is 3. The van der Waals surface area contributed by atoms with E-state index in [0.29, 0.717) is 18.0 Å². The van der Waals surface area contributed by atoms with Crippen molar-refractivity contribution in [2.24, 2.45) is 0 Å². The van der Waals surface area contributed by atoms with Crippen molar-refractivity contribution in [3.05, 3.63) is 16.2 Å². The van der Waals surface area contributed by atoms with E-state index in [9.17, 15) is 10.1 Å². The topological polar surface area (TPSA) is 91.8 Å². The van der Waals surface area contributed by atoms with Crippen LogP contribution >= 0.6 is 12.4 Å². The van der Waals surface area contributed by atoms with Crippen LogP contribution in [0.15, 0.2) is 4.79 Å². The minimum Gasteiger partial charge on any atom is -0.340 e. The summed E-state index contributed by atoms with van der Waals surface area (Å²) in [6, 6.07) is 1.97. The van der Waals surface area contributed by atoms with Crippen LogP contribution in [0.2, 0.25) is 0 Å². The normalized spacial score (nSPS) is 13.0. The number of hydrogen-bond acceptors (Lipinski definition) is 6. The summed E-state index contributed by atoms with van der Waals surface area (Å²) in [5.74, 6) is 12.1. The molecular weight excluding hydrogens is 366 g/mol. The number of imidazole rings is 1. The van der Waals surface area contributed by atoms with Crippen molar-refractivity contribution >= 4 is 29.5 Å². The van der Waals surface area contributed by atoms with Crippen molar-refractivity contribution in [3.8, 4) is 29.8 Å². The van der Waals surface area contributed by atoms with Gasteiger partial charge in [0.2, 0.25) is 11.8 Å². The van der Waals surface area contributed by atoms with Gasteiger partial charge in [-0.15, -0.1) is 24.2 Å². The van der Waals surface area contributed by atoms with Gasteiger partial charge >= 0.3 is 0 Å². The molecule has 2 aromatic rings. The predicted molar refractivity (Wildman–Crippen MR) is 106 cm³/mol. The van der Waals surface area contributed by atoms with Crippen molar-refractivity contribution in [1.82, 2.24) is 24.4 Å². The maximum Gasteiger partial charge on any atom is 0.281 e. The first-order valence-electron chi connectivity index (χ1n) is 8.37. The van der Waals surface area contributed by atoms with Gasteiger partial charge in [-0.05, 0) is 13.8 Å². The van der Waals surface area contributed by atoms with Gasteiger partial charge in [0.25, 0.3) is 5.56 Å². The fourth-order valence-corrected chi connectivity index (χ4v) is 2.91. The second kappa shape index (κ2) is 9.09. The molecule has 0 radical (unpaired) electrons. The Labute approximate surface area is 163 Å². The highest BCUT2D eigenvalue weighted by atomic mass is 35.5. The summed E-state index contributed by atoms with van der Waals surface area (Å²) in [6.07, 6.45) is 0. The summed E-state index contributed by atoms with van der Waals surface area (Å²) in [5.41, 5.74) is 0.318. The fourth-order valence-electron chi connectivity index (χ4n) is 2.91. The molecule has 3 rings (SSSR count). The molecule has 27 heavy (non-hydrogen) atoms. The van der Waals surface area contributed by atoms with Gasteiger partial charge in [0.1, 0.15) is 6.07 Å². The first-order chi connectivity index (χ1) is 12.7. The van der Waals surface area contributed by atoms with E-state index < -0.39 is 0 Å². The van der Waals surface area contributed by atoms with Crippen molar-refractivity contribution in [3.63, 3.8) is 0 Å². The zero-order valence-electron chi connectivity index (χ0n) is 15.2. The summed E-state index contributed by atoms with van der Waals surface area (Å²) < 4.78 is 3.08. The molecule has 0 atom stereocenters. The lowest BCUT2D eigenvalue weighted by molar-refractivity contribution is 0.573. The Hall–Kier alpha value is -2.99. The molecule has 8 nitrogen and oxygen atoms in total. The van der Waals surface area contributed by atoms with Gasteiger partial charge in [0.15, 0.2) is 11.2 Å². The second-order valence-corrected chi connectivity index (χ2v) is 5.70.